The maximum absolute atomic E-state index is 13.5. The van der Waals surface area contributed by atoms with Crippen molar-refractivity contribution in [2.45, 2.75) is 24.1 Å². The highest BCUT2D eigenvalue weighted by Gasteiger charge is 2.38. The number of alkyl halides is 3. The lowest BCUT2D eigenvalue weighted by atomic mass is 10.1. The summed E-state index contributed by atoms with van der Waals surface area (Å²) in [6, 6.07) is 20.4. The maximum atomic E-state index is 13.5. The highest BCUT2D eigenvalue weighted by molar-refractivity contribution is 7.90. The first-order chi connectivity index (χ1) is 22.3. The average Bonchev–Trinajstić information content (AvgIpc) is 3.48. The van der Waals surface area contributed by atoms with E-state index in [2.05, 4.69) is 15.2 Å². The molecule has 14 nitrogen and oxygen atoms in total. The average molecular weight is 675 g/mol. The summed E-state index contributed by atoms with van der Waals surface area (Å²) in [5.74, 6) is -0.683. The van der Waals surface area contributed by atoms with Gasteiger partial charge in [0.1, 0.15) is 19.2 Å². The minimum Gasteiger partial charge on any atom is -0.569 e. The summed E-state index contributed by atoms with van der Waals surface area (Å²) in [5.41, 5.74) is 0.776. The van der Waals surface area contributed by atoms with Crippen LogP contribution in [0, 0.1) is 12.1 Å². The fraction of sp³-hybridized carbons (Fsp3) is 0.207. The highest BCUT2D eigenvalue weighted by atomic mass is 32.2. The predicted molar refractivity (Wildman–Crippen MR) is 155 cm³/mol. The topological polar surface area (TPSA) is 167 Å². The number of ether oxygens (including phenoxy) is 2. The zero-order valence-electron chi connectivity index (χ0n) is 24.3. The van der Waals surface area contributed by atoms with Crippen molar-refractivity contribution < 1.29 is 50.5 Å². The molecule has 0 saturated carbocycles. The number of rotatable bonds is 10. The molecule has 1 fully saturated rings. The molecule has 1 amide bonds. The predicted octanol–water partition coefficient (Wildman–Crippen LogP) is 4.59. The number of esters is 1. The second kappa shape index (κ2) is 13.4. The molecular weight excluding hydrogens is 649 g/mol. The first-order valence-electron chi connectivity index (χ1n) is 13.7. The number of hydrogen-bond acceptors (Lipinski definition) is 10. The van der Waals surface area contributed by atoms with Crippen molar-refractivity contribution in [2.24, 2.45) is 5.28 Å². The van der Waals surface area contributed by atoms with E-state index >= 15 is 0 Å². The Labute approximate surface area is 265 Å². The van der Waals surface area contributed by atoms with Crippen LogP contribution < -0.4 is 4.72 Å². The fourth-order valence-corrected chi connectivity index (χ4v) is 5.13. The molecule has 246 valence electrons. The van der Waals surface area contributed by atoms with Crippen LogP contribution in [0.2, 0.25) is 0 Å². The summed E-state index contributed by atoms with van der Waals surface area (Å²) in [4.78, 5) is 28.4. The number of carbonyl (C=O) groups excluding carboxylic acids is 2. The van der Waals surface area contributed by atoms with Crippen LogP contribution >= 0.6 is 0 Å². The van der Waals surface area contributed by atoms with Gasteiger partial charge in [-0.25, -0.2) is 27.4 Å². The van der Waals surface area contributed by atoms with Crippen LogP contribution in [0.1, 0.15) is 21.6 Å². The number of aryl methyl sites for hydroxylation is 1. The molecule has 18 heteroatoms. The Morgan fingerprint density at radius 1 is 1.04 bits per heavy atom. The molecule has 4 aromatic rings. The fourth-order valence-electron chi connectivity index (χ4n) is 4.25. The SMILES string of the molecule is Cc1ccc(-c2cc(C(F)(F)F)nn2-c2ccc(S(=O)(=O)NC(=O)OC3CN(/[N+]([O-])=N/OCOC(=O)c4ccccc4)C3)cc2)cc1. The van der Waals surface area contributed by atoms with Crippen LogP contribution in [0.25, 0.3) is 16.9 Å². The van der Waals surface area contributed by atoms with E-state index in [1.165, 1.54) is 24.3 Å². The van der Waals surface area contributed by atoms with Crippen LogP contribution in [-0.4, -0.2) is 66.2 Å². The summed E-state index contributed by atoms with van der Waals surface area (Å²) in [5, 5.41) is 19.9. The van der Waals surface area contributed by atoms with Gasteiger partial charge in [0, 0.05) is 5.56 Å². The van der Waals surface area contributed by atoms with E-state index in [1.54, 1.807) is 47.2 Å². The van der Waals surface area contributed by atoms with Gasteiger partial charge in [0.05, 0.1) is 26.8 Å². The smallest absolute Gasteiger partial charge is 0.435 e. The first-order valence-corrected chi connectivity index (χ1v) is 15.1. The van der Waals surface area contributed by atoms with E-state index in [4.69, 9.17) is 9.47 Å². The van der Waals surface area contributed by atoms with Gasteiger partial charge in [-0.05, 0) is 49.4 Å². The summed E-state index contributed by atoms with van der Waals surface area (Å²) in [6.45, 7) is 0.910. The summed E-state index contributed by atoms with van der Waals surface area (Å²) < 4.78 is 78.6. The zero-order chi connectivity index (χ0) is 33.8. The van der Waals surface area contributed by atoms with E-state index < -0.39 is 46.9 Å². The van der Waals surface area contributed by atoms with Crippen molar-refractivity contribution in [1.29, 1.82) is 0 Å². The third kappa shape index (κ3) is 7.96. The number of amides is 1. The summed E-state index contributed by atoms with van der Waals surface area (Å²) in [7, 11) is -4.45. The minimum atomic E-state index is -4.72. The second-order valence-electron chi connectivity index (χ2n) is 10.1. The van der Waals surface area contributed by atoms with Gasteiger partial charge in [-0.1, -0.05) is 48.0 Å². The Morgan fingerprint density at radius 3 is 2.34 bits per heavy atom. The number of carbonyl (C=O) groups is 2. The first kappa shape index (κ1) is 32.7. The molecule has 0 bridgehead atoms. The highest BCUT2D eigenvalue weighted by Crippen LogP contribution is 2.33. The Bertz CT molecular complexity index is 1880. The molecule has 2 heterocycles. The van der Waals surface area contributed by atoms with E-state index in [1.807, 2.05) is 6.92 Å². The van der Waals surface area contributed by atoms with Crippen molar-refractivity contribution in [3.63, 3.8) is 0 Å². The minimum absolute atomic E-state index is 0.0495. The number of hydrogen-bond donors (Lipinski definition) is 1. The molecule has 0 spiro atoms. The van der Waals surface area contributed by atoms with Crippen molar-refractivity contribution in [1.82, 2.24) is 19.5 Å². The number of aromatic nitrogens is 2. The van der Waals surface area contributed by atoms with E-state index in [0.29, 0.717) is 5.56 Å². The quantitative estimate of drug-likeness (QED) is 0.0628. The van der Waals surface area contributed by atoms with Gasteiger partial charge in [0.25, 0.3) is 16.8 Å². The lowest BCUT2D eigenvalue weighted by molar-refractivity contribution is -0.727. The number of nitrogens with zero attached hydrogens (tertiary/aromatic N) is 5. The molecule has 1 saturated heterocycles. The largest absolute Gasteiger partial charge is 0.569 e. The lowest BCUT2D eigenvalue weighted by Crippen LogP contribution is -2.56. The van der Waals surface area contributed by atoms with Gasteiger partial charge < -0.3 is 19.5 Å². The molecule has 0 aliphatic carbocycles. The van der Waals surface area contributed by atoms with Crippen LogP contribution in [-0.2, 0) is 30.5 Å². The van der Waals surface area contributed by atoms with E-state index in [0.717, 1.165) is 33.5 Å². The van der Waals surface area contributed by atoms with Gasteiger partial charge in [-0.3, -0.25) is 0 Å². The molecule has 0 unspecified atom stereocenters. The third-order valence-electron chi connectivity index (χ3n) is 6.68. The van der Waals surface area contributed by atoms with Crippen molar-refractivity contribution in [2.75, 3.05) is 19.9 Å². The lowest BCUT2D eigenvalue weighted by Gasteiger charge is -2.33. The monoisotopic (exact) mass is 674 g/mol. The van der Waals surface area contributed by atoms with Gasteiger partial charge >= 0.3 is 18.2 Å². The molecule has 0 radical (unpaired) electrons. The van der Waals surface area contributed by atoms with E-state index in [-0.39, 0.29) is 39.9 Å². The molecule has 3 aromatic carbocycles. The van der Waals surface area contributed by atoms with Crippen LogP contribution in [0.5, 0.6) is 0 Å². The molecule has 5 rings (SSSR count). The third-order valence-corrected chi connectivity index (χ3v) is 8.01. The van der Waals surface area contributed by atoms with Crippen molar-refractivity contribution in [3.8, 4) is 16.9 Å². The Kier molecular flexibility index (Phi) is 9.31. The summed E-state index contributed by atoms with van der Waals surface area (Å²) >= 11 is 0. The molecule has 47 heavy (non-hydrogen) atoms. The van der Waals surface area contributed by atoms with Crippen molar-refractivity contribution >= 4 is 22.1 Å². The van der Waals surface area contributed by atoms with Gasteiger partial charge in [0.2, 0.25) is 5.28 Å². The number of halogens is 3. The van der Waals surface area contributed by atoms with E-state index in [9.17, 15) is 36.4 Å². The van der Waals surface area contributed by atoms with Crippen LogP contribution in [0.15, 0.2) is 95.1 Å². The maximum Gasteiger partial charge on any atom is 0.435 e. The molecular formula is C29H25F3N6O8S. The molecule has 1 N–H and O–H groups in total. The Hall–Kier alpha value is -5.65. The molecule has 1 aromatic heterocycles. The molecule has 0 atom stereocenters. The van der Waals surface area contributed by atoms with Gasteiger partial charge in [-0.15, -0.1) is 5.01 Å². The Balaban J connectivity index is 1.14. The number of hydrazine groups is 1. The normalized spacial score (nSPS) is 13.9. The molecule has 1 aliphatic heterocycles. The summed E-state index contributed by atoms with van der Waals surface area (Å²) in [6.07, 6.45) is -6.90. The second-order valence-corrected chi connectivity index (χ2v) is 11.8. The number of nitrogens with one attached hydrogen (secondary N) is 1. The van der Waals surface area contributed by atoms with Crippen LogP contribution in [0.4, 0.5) is 18.0 Å². The van der Waals surface area contributed by atoms with Crippen LogP contribution in [0.3, 0.4) is 0 Å². The van der Waals surface area contributed by atoms with Crippen molar-refractivity contribution in [3.05, 3.63) is 107 Å². The van der Waals surface area contributed by atoms with Gasteiger partial charge in [0.15, 0.2) is 5.69 Å². The standard InChI is InChI=1S/C29H25F3N6O8S/c1-19-7-9-20(10-8-19)25-15-26(29(30,31)32)33-37(25)22-11-13-24(14-12-22)47(42,43)34-28(40)46-23-16-36(17-23)38(41)35-45-18-44-27(39)21-5-3-2-4-6-21/h2-15,23H,16-18H2,1H3,(H,34,40)/b38-35-. The molecule has 1 aliphatic rings. The zero-order valence-corrected chi connectivity index (χ0v) is 25.1. The Morgan fingerprint density at radius 2 is 1.70 bits per heavy atom. The number of benzene rings is 3. The number of sulfonamides is 1. The van der Waals surface area contributed by atoms with Gasteiger partial charge in [-0.2, -0.15) is 18.3 Å².